The predicted molar refractivity (Wildman–Crippen MR) is 78.9 cm³/mol. The number of furan rings is 1. The zero-order chi connectivity index (χ0) is 13.4. The summed E-state index contributed by atoms with van der Waals surface area (Å²) in [6.07, 6.45) is 1.73. The lowest BCUT2D eigenvalue weighted by Gasteiger charge is -2.09. The molecule has 0 amide bonds. The Morgan fingerprint density at radius 2 is 2.11 bits per heavy atom. The Labute approximate surface area is 119 Å². The smallest absolute Gasteiger partial charge is 0.137 e. The van der Waals surface area contributed by atoms with Gasteiger partial charge in [0.25, 0.3) is 0 Å². The summed E-state index contributed by atoms with van der Waals surface area (Å²) < 4.78 is 6.77. The van der Waals surface area contributed by atoms with E-state index in [4.69, 9.17) is 10.2 Å². The Morgan fingerprint density at radius 3 is 2.84 bits per heavy atom. The molecule has 1 aromatic carbocycles. The third-order valence-electron chi connectivity index (χ3n) is 3.15. The van der Waals surface area contributed by atoms with Gasteiger partial charge in [0.2, 0.25) is 0 Å². The maximum atomic E-state index is 6.24. The van der Waals surface area contributed by atoms with Crippen molar-refractivity contribution in [1.29, 1.82) is 0 Å². The van der Waals surface area contributed by atoms with Gasteiger partial charge in [-0.3, -0.25) is 4.98 Å². The maximum absolute atomic E-state index is 6.24. The molecular weight excluding hydrogens is 304 g/mol. The first-order valence-electron chi connectivity index (χ1n) is 6.02. The Balaban J connectivity index is 2.10. The topological polar surface area (TPSA) is 52.0 Å². The highest BCUT2D eigenvalue weighted by Crippen LogP contribution is 2.30. The molecule has 0 fully saturated rings. The number of para-hydroxylation sites is 1. The molecule has 0 saturated carbocycles. The van der Waals surface area contributed by atoms with Crippen LogP contribution in [0.15, 0.2) is 51.5 Å². The van der Waals surface area contributed by atoms with Crippen LogP contribution in [0, 0.1) is 6.92 Å². The van der Waals surface area contributed by atoms with Crippen molar-refractivity contribution < 1.29 is 4.42 Å². The van der Waals surface area contributed by atoms with Crippen LogP contribution in [0.1, 0.15) is 23.1 Å². The Kier molecular flexibility index (Phi) is 3.12. The van der Waals surface area contributed by atoms with Crippen molar-refractivity contribution in [3.63, 3.8) is 0 Å². The number of fused-ring (bicyclic) bond motifs is 1. The lowest BCUT2D eigenvalue weighted by atomic mass is 10.1. The lowest BCUT2D eigenvalue weighted by molar-refractivity contribution is 0.518. The van der Waals surface area contributed by atoms with Gasteiger partial charge in [-0.25, -0.2) is 0 Å². The molecule has 3 nitrogen and oxygen atoms in total. The van der Waals surface area contributed by atoms with E-state index in [1.165, 1.54) is 0 Å². The molecule has 0 saturated heterocycles. The van der Waals surface area contributed by atoms with Gasteiger partial charge in [0, 0.05) is 16.1 Å². The first kappa shape index (κ1) is 12.4. The van der Waals surface area contributed by atoms with Gasteiger partial charge in [0.15, 0.2) is 0 Å². The summed E-state index contributed by atoms with van der Waals surface area (Å²) in [5.41, 5.74) is 9.02. The van der Waals surface area contributed by atoms with Crippen LogP contribution < -0.4 is 5.73 Å². The predicted octanol–water partition coefficient (Wildman–Crippen LogP) is 3.95. The quantitative estimate of drug-likeness (QED) is 0.779. The van der Waals surface area contributed by atoms with Crippen molar-refractivity contribution in [2.45, 2.75) is 13.0 Å². The first-order chi connectivity index (χ1) is 9.16. The minimum atomic E-state index is -0.373. The van der Waals surface area contributed by atoms with Crippen LogP contribution in [0.2, 0.25) is 0 Å². The van der Waals surface area contributed by atoms with E-state index in [-0.39, 0.29) is 6.04 Å². The molecule has 0 radical (unpaired) electrons. The number of pyridine rings is 1. The molecule has 3 aromatic rings. The van der Waals surface area contributed by atoms with Crippen LogP contribution >= 0.6 is 15.9 Å². The van der Waals surface area contributed by atoms with Crippen LogP contribution in [0.4, 0.5) is 0 Å². The summed E-state index contributed by atoms with van der Waals surface area (Å²) in [5, 5.41) is 1.07. The average Bonchev–Trinajstić information content (AvgIpc) is 2.84. The van der Waals surface area contributed by atoms with Gasteiger partial charge in [-0.05, 0) is 46.6 Å². The van der Waals surface area contributed by atoms with Crippen LogP contribution in [0.25, 0.3) is 11.0 Å². The summed E-state index contributed by atoms with van der Waals surface area (Å²) in [4.78, 5) is 4.32. The largest absolute Gasteiger partial charge is 0.459 e. The van der Waals surface area contributed by atoms with Crippen molar-refractivity contribution in [2.24, 2.45) is 5.73 Å². The number of aromatic nitrogens is 1. The number of nitrogens with two attached hydrogens (primary N) is 1. The monoisotopic (exact) mass is 316 g/mol. The molecule has 2 heterocycles. The number of hydrogen-bond donors (Lipinski definition) is 1. The van der Waals surface area contributed by atoms with Crippen molar-refractivity contribution in [2.75, 3.05) is 0 Å². The fourth-order valence-corrected chi connectivity index (χ4v) is 2.65. The van der Waals surface area contributed by atoms with E-state index in [2.05, 4.69) is 20.9 Å². The fourth-order valence-electron chi connectivity index (χ4n) is 2.14. The van der Waals surface area contributed by atoms with Gasteiger partial charge in [-0.15, -0.1) is 0 Å². The molecule has 0 aliphatic rings. The van der Waals surface area contributed by atoms with E-state index in [0.717, 1.165) is 32.5 Å². The Hall–Kier alpha value is -1.65. The minimum Gasteiger partial charge on any atom is -0.459 e. The summed E-state index contributed by atoms with van der Waals surface area (Å²) in [5.74, 6) is 0.726. The second-order valence-electron chi connectivity index (χ2n) is 4.49. The van der Waals surface area contributed by atoms with E-state index >= 15 is 0 Å². The molecular formula is C15H13BrN2O. The summed E-state index contributed by atoms with van der Waals surface area (Å²) in [7, 11) is 0. The standard InChI is InChI=1S/C15H13BrN2O/c1-9-4-2-5-10-8-12(19-15(9)10)13(17)14-11(16)6-3-7-18-14/h2-8,13H,17H2,1H3. The summed E-state index contributed by atoms with van der Waals surface area (Å²) in [6.45, 7) is 2.03. The van der Waals surface area contributed by atoms with Crippen LogP contribution in [-0.2, 0) is 0 Å². The molecule has 3 rings (SSSR count). The lowest BCUT2D eigenvalue weighted by Crippen LogP contribution is -2.13. The molecule has 0 aliphatic carbocycles. The fraction of sp³-hybridized carbons (Fsp3) is 0.133. The minimum absolute atomic E-state index is 0.373. The molecule has 1 unspecified atom stereocenters. The van der Waals surface area contributed by atoms with Gasteiger partial charge in [-0.2, -0.15) is 0 Å². The normalized spacial score (nSPS) is 12.8. The average molecular weight is 317 g/mol. The van der Waals surface area contributed by atoms with Gasteiger partial charge < -0.3 is 10.2 Å². The highest BCUT2D eigenvalue weighted by Gasteiger charge is 2.18. The van der Waals surface area contributed by atoms with Crippen LogP contribution in [-0.4, -0.2) is 4.98 Å². The molecule has 1 atom stereocenters. The van der Waals surface area contributed by atoms with E-state index in [1.807, 2.05) is 43.3 Å². The third-order valence-corrected chi connectivity index (χ3v) is 3.82. The van der Waals surface area contributed by atoms with E-state index < -0.39 is 0 Å². The van der Waals surface area contributed by atoms with Gasteiger partial charge in [0.05, 0.1) is 5.69 Å². The van der Waals surface area contributed by atoms with Crippen LogP contribution in [0.5, 0.6) is 0 Å². The summed E-state index contributed by atoms with van der Waals surface area (Å²) in [6, 6.07) is 11.5. The van der Waals surface area contributed by atoms with E-state index in [0.29, 0.717) is 0 Å². The number of hydrogen-bond acceptors (Lipinski definition) is 3. The number of nitrogens with zero attached hydrogens (tertiary/aromatic N) is 1. The third kappa shape index (κ3) is 2.17. The van der Waals surface area contributed by atoms with Gasteiger partial charge in [0.1, 0.15) is 17.4 Å². The molecule has 0 bridgehead atoms. The van der Waals surface area contributed by atoms with E-state index in [9.17, 15) is 0 Å². The Bertz CT molecular complexity index is 736. The summed E-state index contributed by atoms with van der Waals surface area (Å²) >= 11 is 3.47. The number of halogens is 1. The van der Waals surface area contributed by atoms with Gasteiger partial charge in [-0.1, -0.05) is 18.2 Å². The molecule has 96 valence electrons. The molecule has 0 spiro atoms. The molecule has 4 heteroatoms. The second-order valence-corrected chi connectivity index (χ2v) is 5.34. The van der Waals surface area contributed by atoms with Gasteiger partial charge >= 0.3 is 0 Å². The van der Waals surface area contributed by atoms with Crippen molar-refractivity contribution in [3.8, 4) is 0 Å². The van der Waals surface area contributed by atoms with E-state index in [1.54, 1.807) is 6.20 Å². The second kappa shape index (κ2) is 4.79. The van der Waals surface area contributed by atoms with Crippen LogP contribution in [0.3, 0.4) is 0 Å². The highest BCUT2D eigenvalue weighted by atomic mass is 79.9. The maximum Gasteiger partial charge on any atom is 0.137 e. The van der Waals surface area contributed by atoms with Crippen molar-refractivity contribution in [3.05, 3.63) is 64.1 Å². The van der Waals surface area contributed by atoms with Crippen molar-refractivity contribution in [1.82, 2.24) is 4.98 Å². The molecule has 2 N–H and O–H groups in total. The molecule has 0 aliphatic heterocycles. The highest BCUT2D eigenvalue weighted by molar-refractivity contribution is 9.10. The Morgan fingerprint density at radius 1 is 1.26 bits per heavy atom. The number of rotatable bonds is 2. The molecule has 19 heavy (non-hydrogen) atoms. The SMILES string of the molecule is Cc1cccc2cc(C(N)c3ncccc3Br)oc12. The zero-order valence-corrected chi connectivity index (χ0v) is 12.0. The van der Waals surface area contributed by atoms with Crippen molar-refractivity contribution >= 4 is 26.9 Å². The first-order valence-corrected chi connectivity index (χ1v) is 6.81. The number of aryl methyl sites for hydroxylation is 1. The molecule has 2 aromatic heterocycles. The number of benzene rings is 1. The zero-order valence-electron chi connectivity index (χ0n) is 10.4.